The summed E-state index contributed by atoms with van der Waals surface area (Å²) in [6.07, 6.45) is -0.0414. The van der Waals surface area contributed by atoms with Crippen LogP contribution < -0.4 is 20.7 Å². The van der Waals surface area contributed by atoms with Gasteiger partial charge < -0.3 is 20.7 Å². The van der Waals surface area contributed by atoms with Crippen LogP contribution in [0.5, 0.6) is 5.75 Å². The predicted molar refractivity (Wildman–Crippen MR) is 103 cm³/mol. The maximum Gasteiger partial charge on any atom is 0.225 e. The van der Waals surface area contributed by atoms with Gasteiger partial charge in [-0.05, 0) is 31.2 Å². The third kappa shape index (κ3) is 8.63. The molecule has 0 bridgehead atoms. The van der Waals surface area contributed by atoms with Crippen LogP contribution in [0.25, 0.3) is 0 Å². The van der Waals surface area contributed by atoms with Gasteiger partial charge in [-0.1, -0.05) is 32.4 Å². The van der Waals surface area contributed by atoms with E-state index in [2.05, 4.69) is 20.9 Å². The number of carbonyl (C=O) groups excluding carboxylic acids is 1. The molecule has 1 amide bonds. The van der Waals surface area contributed by atoms with Crippen molar-refractivity contribution in [1.29, 1.82) is 0 Å². The molecule has 3 N–H and O–H groups in total. The molecular formula is C18H29ClN4O2. The summed E-state index contributed by atoms with van der Waals surface area (Å²) in [6, 6.07) is 7.26. The standard InChI is InChI=1S/C18H29ClN4O2/c1-13(25-15-8-6-14(19)7-9-15)12-23-17(20-5)22-11-10-21-16(24)18(2,3)4/h6-9,13H,10-12H2,1-5H3,(H,21,24)(H2,20,22,23). The molecule has 0 saturated carbocycles. The van der Waals surface area contributed by atoms with E-state index in [1.54, 1.807) is 19.2 Å². The predicted octanol–water partition coefficient (Wildman–Crippen LogP) is 2.43. The molecule has 1 aromatic carbocycles. The van der Waals surface area contributed by atoms with E-state index in [-0.39, 0.29) is 17.4 Å². The van der Waals surface area contributed by atoms with Gasteiger partial charge in [0, 0.05) is 30.6 Å². The molecule has 0 spiro atoms. The molecule has 1 aromatic rings. The highest BCUT2D eigenvalue weighted by atomic mass is 35.5. The zero-order valence-electron chi connectivity index (χ0n) is 15.6. The number of ether oxygens (including phenoxy) is 1. The molecule has 1 atom stereocenters. The average Bonchev–Trinajstić information content (AvgIpc) is 2.55. The van der Waals surface area contributed by atoms with Gasteiger partial charge in [-0.15, -0.1) is 0 Å². The molecule has 0 radical (unpaired) electrons. The number of benzene rings is 1. The second-order valence-corrected chi connectivity index (χ2v) is 7.20. The number of hydrogen-bond acceptors (Lipinski definition) is 3. The summed E-state index contributed by atoms with van der Waals surface area (Å²) in [7, 11) is 1.70. The summed E-state index contributed by atoms with van der Waals surface area (Å²) in [6.45, 7) is 9.35. The van der Waals surface area contributed by atoms with E-state index in [9.17, 15) is 4.79 Å². The van der Waals surface area contributed by atoms with Crippen molar-refractivity contribution < 1.29 is 9.53 Å². The van der Waals surface area contributed by atoms with Crippen LogP contribution in [0.15, 0.2) is 29.3 Å². The lowest BCUT2D eigenvalue weighted by Gasteiger charge is -2.19. The van der Waals surface area contributed by atoms with E-state index < -0.39 is 0 Å². The third-order valence-electron chi connectivity index (χ3n) is 3.32. The maximum absolute atomic E-state index is 11.8. The summed E-state index contributed by atoms with van der Waals surface area (Å²) in [4.78, 5) is 15.9. The van der Waals surface area contributed by atoms with Gasteiger partial charge in [0.05, 0.1) is 6.54 Å². The molecule has 1 rings (SSSR count). The maximum atomic E-state index is 11.8. The van der Waals surface area contributed by atoms with Crippen molar-refractivity contribution in [3.8, 4) is 5.75 Å². The van der Waals surface area contributed by atoms with Gasteiger partial charge in [0.25, 0.3) is 0 Å². The molecule has 25 heavy (non-hydrogen) atoms. The molecule has 6 nitrogen and oxygen atoms in total. The largest absolute Gasteiger partial charge is 0.489 e. The van der Waals surface area contributed by atoms with Crippen molar-refractivity contribution in [2.45, 2.75) is 33.8 Å². The van der Waals surface area contributed by atoms with E-state index in [0.29, 0.717) is 30.6 Å². The van der Waals surface area contributed by atoms with Crippen LogP contribution >= 0.6 is 11.6 Å². The normalized spacial score (nSPS) is 13.1. The minimum absolute atomic E-state index is 0.0298. The Labute approximate surface area is 155 Å². The molecular weight excluding hydrogens is 340 g/mol. The van der Waals surface area contributed by atoms with Gasteiger partial charge in [0.1, 0.15) is 11.9 Å². The Kier molecular flexibility index (Phi) is 8.55. The first-order chi connectivity index (χ1) is 11.7. The monoisotopic (exact) mass is 368 g/mol. The topological polar surface area (TPSA) is 74.8 Å². The molecule has 0 saturated heterocycles. The zero-order valence-corrected chi connectivity index (χ0v) is 16.4. The second-order valence-electron chi connectivity index (χ2n) is 6.77. The molecule has 1 unspecified atom stereocenters. The highest BCUT2D eigenvalue weighted by Crippen LogP contribution is 2.16. The Morgan fingerprint density at radius 1 is 1.16 bits per heavy atom. The summed E-state index contributed by atoms with van der Waals surface area (Å²) in [5.41, 5.74) is -0.381. The number of nitrogens with one attached hydrogen (secondary N) is 3. The molecule has 0 aliphatic heterocycles. The first kappa shape index (κ1) is 21.1. The average molecular weight is 369 g/mol. The quantitative estimate of drug-likeness (QED) is 0.392. The highest BCUT2D eigenvalue weighted by Gasteiger charge is 2.20. The fraction of sp³-hybridized carbons (Fsp3) is 0.556. The number of amides is 1. The lowest BCUT2D eigenvalue weighted by atomic mass is 9.96. The van der Waals surface area contributed by atoms with E-state index in [0.717, 1.165) is 5.75 Å². The van der Waals surface area contributed by atoms with Crippen molar-refractivity contribution in [2.24, 2.45) is 10.4 Å². The van der Waals surface area contributed by atoms with Crippen LogP contribution in [-0.4, -0.2) is 44.7 Å². The molecule has 140 valence electrons. The number of hydrogen-bond donors (Lipinski definition) is 3. The van der Waals surface area contributed by atoms with Gasteiger partial charge >= 0.3 is 0 Å². The zero-order chi connectivity index (χ0) is 18.9. The third-order valence-corrected chi connectivity index (χ3v) is 3.57. The van der Waals surface area contributed by atoms with Crippen LogP contribution in [-0.2, 0) is 4.79 Å². The number of nitrogens with zero attached hydrogens (tertiary/aromatic N) is 1. The van der Waals surface area contributed by atoms with Gasteiger partial charge in [-0.25, -0.2) is 0 Å². The van der Waals surface area contributed by atoms with Gasteiger partial charge in [0.15, 0.2) is 5.96 Å². The number of aliphatic imine (C=N–C) groups is 1. The van der Waals surface area contributed by atoms with Crippen molar-refractivity contribution in [1.82, 2.24) is 16.0 Å². The first-order valence-electron chi connectivity index (χ1n) is 8.37. The van der Waals surface area contributed by atoms with Crippen LogP contribution in [0.1, 0.15) is 27.7 Å². The van der Waals surface area contributed by atoms with Crippen molar-refractivity contribution >= 4 is 23.5 Å². The lowest BCUT2D eigenvalue weighted by molar-refractivity contribution is -0.128. The molecule has 0 fully saturated rings. The van der Waals surface area contributed by atoms with Crippen LogP contribution in [0, 0.1) is 5.41 Å². The van der Waals surface area contributed by atoms with E-state index in [1.165, 1.54) is 0 Å². The summed E-state index contributed by atoms with van der Waals surface area (Å²) in [5, 5.41) is 9.91. The Morgan fingerprint density at radius 2 is 1.76 bits per heavy atom. The van der Waals surface area contributed by atoms with Crippen LogP contribution in [0.3, 0.4) is 0 Å². The first-order valence-corrected chi connectivity index (χ1v) is 8.75. The Hall–Kier alpha value is -1.95. The fourth-order valence-electron chi connectivity index (χ4n) is 1.87. The van der Waals surface area contributed by atoms with Gasteiger partial charge in [-0.2, -0.15) is 0 Å². The second kappa shape index (κ2) is 10.1. The van der Waals surface area contributed by atoms with Gasteiger partial charge in [0.2, 0.25) is 5.91 Å². The Balaban J connectivity index is 2.27. The molecule has 0 heterocycles. The van der Waals surface area contributed by atoms with Crippen molar-refractivity contribution in [2.75, 3.05) is 26.7 Å². The van der Waals surface area contributed by atoms with E-state index in [1.807, 2.05) is 39.8 Å². The number of carbonyl (C=O) groups is 1. The fourth-order valence-corrected chi connectivity index (χ4v) is 2.00. The number of guanidine groups is 1. The highest BCUT2D eigenvalue weighted by molar-refractivity contribution is 6.30. The smallest absolute Gasteiger partial charge is 0.225 e. The SMILES string of the molecule is CN=C(NCCNC(=O)C(C)(C)C)NCC(C)Oc1ccc(Cl)cc1. The minimum atomic E-state index is -0.381. The Bertz CT molecular complexity index is 567. The lowest BCUT2D eigenvalue weighted by Crippen LogP contribution is -2.45. The number of halogens is 1. The van der Waals surface area contributed by atoms with Gasteiger partial charge in [-0.3, -0.25) is 9.79 Å². The van der Waals surface area contributed by atoms with Crippen LogP contribution in [0.2, 0.25) is 5.02 Å². The summed E-state index contributed by atoms with van der Waals surface area (Å²) >= 11 is 5.86. The minimum Gasteiger partial charge on any atom is -0.489 e. The molecule has 0 aliphatic rings. The van der Waals surface area contributed by atoms with E-state index >= 15 is 0 Å². The van der Waals surface area contributed by atoms with Crippen molar-refractivity contribution in [3.63, 3.8) is 0 Å². The number of rotatable bonds is 7. The van der Waals surface area contributed by atoms with Crippen molar-refractivity contribution in [3.05, 3.63) is 29.3 Å². The molecule has 0 aliphatic carbocycles. The van der Waals surface area contributed by atoms with E-state index in [4.69, 9.17) is 16.3 Å². The summed E-state index contributed by atoms with van der Waals surface area (Å²) < 4.78 is 5.80. The Morgan fingerprint density at radius 3 is 2.32 bits per heavy atom. The molecule has 7 heteroatoms. The summed E-state index contributed by atoms with van der Waals surface area (Å²) in [5.74, 6) is 1.46. The van der Waals surface area contributed by atoms with Crippen LogP contribution in [0.4, 0.5) is 0 Å². The molecule has 0 aromatic heterocycles.